The smallest absolute Gasteiger partial charge is 0.124 e. The second-order valence-corrected chi connectivity index (χ2v) is 4.68. The molecule has 86 valence electrons. The Kier molecular flexibility index (Phi) is 2.48. The molecule has 0 spiro atoms. The Morgan fingerprint density at radius 1 is 1.12 bits per heavy atom. The second kappa shape index (κ2) is 3.98. The van der Waals surface area contributed by atoms with Crippen LogP contribution in [-0.4, -0.2) is 44.7 Å². The van der Waals surface area contributed by atoms with Crippen LogP contribution >= 0.6 is 0 Å². The summed E-state index contributed by atoms with van der Waals surface area (Å²) < 4.78 is 5.61. The first-order valence-electron chi connectivity index (χ1n) is 6.02. The maximum atomic E-state index is 5.61. The third-order valence-corrected chi connectivity index (χ3v) is 3.55. The first-order chi connectivity index (χ1) is 7.83. The molecule has 0 unspecified atom stereocenters. The van der Waals surface area contributed by atoms with E-state index in [1.165, 1.54) is 11.3 Å². The van der Waals surface area contributed by atoms with Crippen LogP contribution in [0.5, 0.6) is 5.75 Å². The van der Waals surface area contributed by atoms with E-state index in [0.29, 0.717) is 0 Å². The Morgan fingerprint density at radius 2 is 1.94 bits per heavy atom. The van der Waals surface area contributed by atoms with Gasteiger partial charge in [-0.05, 0) is 18.7 Å². The molecule has 1 saturated heterocycles. The lowest BCUT2D eigenvalue weighted by Crippen LogP contribution is -2.44. The molecule has 0 aliphatic carbocycles. The molecule has 16 heavy (non-hydrogen) atoms. The Labute approximate surface area is 96.6 Å². The first kappa shape index (κ1) is 9.97. The van der Waals surface area contributed by atoms with Crippen molar-refractivity contribution in [3.05, 3.63) is 23.8 Å². The van der Waals surface area contributed by atoms with Crippen molar-refractivity contribution in [2.24, 2.45) is 0 Å². The van der Waals surface area contributed by atoms with Gasteiger partial charge in [-0.25, -0.2) is 0 Å². The van der Waals surface area contributed by atoms with Gasteiger partial charge in [0.15, 0.2) is 0 Å². The summed E-state index contributed by atoms with van der Waals surface area (Å²) in [7, 11) is 2.18. The molecule has 3 heteroatoms. The average Bonchev–Trinajstić information content (AvgIpc) is 2.77. The summed E-state index contributed by atoms with van der Waals surface area (Å²) in [6.07, 6.45) is 1.07. The van der Waals surface area contributed by atoms with Crippen LogP contribution in [0.4, 0.5) is 5.69 Å². The maximum absolute atomic E-state index is 5.61. The molecule has 0 atom stereocenters. The number of benzene rings is 1. The zero-order valence-electron chi connectivity index (χ0n) is 9.78. The number of anilines is 1. The number of likely N-dealkylation sites (N-methyl/N-ethyl adjacent to an activating group) is 1. The molecule has 1 fully saturated rings. The lowest BCUT2D eigenvalue weighted by molar-refractivity contribution is 0.312. The van der Waals surface area contributed by atoms with E-state index in [-0.39, 0.29) is 0 Å². The highest BCUT2D eigenvalue weighted by atomic mass is 16.5. The molecule has 2 heterocycles. The maximum Gasteiger partial charge on any atom is 0.124 e. The van der Waals surface area contributed by atoms with E-state index < -0.39 is 0 Å². The number of hydrogen-bond donors (Lipinski definition) is 0. The summed E-state index contributed by atoms with van der Waals surface area (Å²) in [4.78, 5) is 4.82. The van der Waals surface area contributed by atoms with Crippen LogP contribution in [0.3, 0.4) is 0 Å². The van der Waals surface area contributed by atoms with Gasteiger partial charge in [-0.15, -0.1) is 0 Å². The van der Waals surface area contributed by atoms with E-state index in [4.69, 9.17) is 4.74 Å². The fourth-order valence-electron chi connectivity index (χ4n) is 2.42. The summed E-state index contributed by atoms with van der Waals surface area (Å²) in [5.74, 6) is 1.09. The van der Waals surface area contributed by atoms with Gasteiger partial charge in [0, 0.05) is 44.4 Å². The predicted molar refractivity (Wildman–Crippen MR) is 65.4 cm³/mol. The van der Waals surface area contributed by atoms with Crippen molar-refractivity contribution in [3.8, 4) is 5.75 Å². The van der Waals surface area contributed by atoms with Gasteiger partial charge < -0.3 is 14.5 Å². The average molecular weight is 218 g/mol. The number of piperazine rings is 1. The lowest BCUT2D eigenvalue weighted by Gasteiger charge is -2.34. The van der Waals surface area contributed by atoms with E-state index in [9.17, 15) is 0 Å². The molecule has 3 rings (SSSR count). The van der Waals surface area contributed by atoms with Crippen molar-refractivity contribution in [1.82, 2.24) is 4.90 Å². The highest BCUT2D eigenvalue weighted by Crippen LogP contribution is 2.30. The van der Waals surface area contributed by atoms with Gasteiger partial charge in [0.25, 0.3) is 0 Å². The van der Waals surface area contributed by atoms with Gasteiger partial charge in [-0.2, -0.15) is 0 Å². The second-order valence-electron chi connectivity index (χ2n) is 4.68. The van der Waals surface area contributed by atoms with Crippen LogP contribution in [0.2, 0.25) is 0 Å². The quantitative estimate of drug-likeness (QED) is 0.708. The van der Waals surface area contributed by atoms with Crippen LogP contribution in [0.25, 0.3) is 0 Å². The number of rotatable bonds is 1. The summed E-state index contributed by atoms with van der Waals surface area (Å²) in [5, 5.41) is 0. The zero-order chi connectivity index (χ0) is 11.0. The molecular formula is C13H18N2O. The van der Waals surface area contributed by atoms with Crippen LogP contribution in [0.1, 0.15) is 5.56 Å². The minimum atomic E-state index is 0.849. The van der Waals surface area contributed by atoms with Gasteiger partial charge in [0.05, 0.1) is 6.61 Å². The number of nitrogens with zero attached hydrogens (tertiary/aromatic N) is 2. The molecular weight excluding hydrogens is 200 g/mol. The SMILES string of the molecule is CN1CCN(c2ccc3c(c2)OCC3)CC1. The van der Waals surface area contributed by atoms with Gasteiger partial charge in [0.2, 0.25) is 0 Å². The molecule has 0 saturated carbocycles. The van der Waals surface area contributed by atoms with Crippen molar-refractivity contribution in [3.63, 3.8) is 0 Å². The standard InChI is InChI=1S/C13H18N2O/c1-14-5-7-15(8-6-14)12-3-2-11-4-9-16-13(11)10-12/h2-3,10H,4-9H2,1H3. The van der Waals surface area contributed by atoms with Crippen LogP contribution < -0.4 is 9.64 Å². The van der Waals surface area contributed by atoms with Gasteiger partial charge in [0.1, 0.15) is 5.75 Å². The van der Waals surface area contributed by atoms with Crippen molar-refractivity contribution in [1.29, 1.82) is 0 Å². The summed E-state index contributed by atoms with van der Waals surface area (Å²) in [6, 6.07) is 6.66. The molecule has 0 radical (unpaired) electrons. The van der Waals surface area contributed by atoms with Crippen LogP contribution in [0.15, 0.2) is 18.2 Å². The van der Waals surface area contributed by atoms with Gasteiger partial charge >= 0.3 is 0 Å². The Morgan fingerprint density at radius 3 is 2.75 bits per heavy atom. The van der Waals surface area contributed by atoms with E-state index in [0.717, 1.165) is 45.0 Å². The van der Waals surface area contributed by atoms with Crippen molar-refractivity contribution < 1.29 is 4.74 Å². The minimum Gasteiger partial charge on any atom is -0.493 e. The summed E-state index contributed by atoms with van der Waals surface area (Å²) >= 11 is 0. The Balaban J connectivity index is 1.79. The molecule has 0 N–H and O–H groups in total. The number of hydrogen-bond acceptors (Lipinski definition) is 3. The van der Waals surface area contributed by atoms with Crippen molar-refractivity contribution in [2.75, 3.05) is 44.7 Å². The fourth-order valence-corrected chi connectivity index (χ4v) is 2.42. The fraction of sp³-hybridized carbons (Fsp3) is 0.538. The Hall–Kier alpha value is -1.22. The van der Waals surface area contributed by atoms with E-state index >= 15 is 0 Å². The molecule has 1 aromatic carbocycles. The van der Waals surface area contributed by atoms with Crippen LogP contribution in [-0.2, 0) is 6.42 Å². The molecule has 1 aromatic rings. The lowest BCUT2D eigenvalue weighted by atomic mass is 10.1. The van der Waals surface area contributed by atoms with E-state index in [1.54, 1.807) is 0 Å². The molecule has 0 amide bonds. The highest BCUT2D eigenvalue weighted by molar-refractivity contribution is 5.55. The molecule has 3 nitrogen and oxygen atoms in total. The first-order valence-corrected chi connectivity index (χ1v) is 6.02. The van der Waals surface area contributed by atoms with Gasteiger partial charge in [-0.3, -0.25) is 0 Å². The predicted octanol–water partition coefficient (Wildman–Crippen LogP) is 1.37. The highest BCUT2D eigenvalue weighted by Gasteiger charge is 2.17. The molecule has 2 aliphatic heterocycles. The Bertz CT molecular complexity index is 384. The van der Waals surface area contributed by atoms with Crippen molar-refractivity contribution in [2.45, 2.75) is 6.42 Å². The monoisotopic (exact) mass is 218 g/mol. The topological polar surface area (TPSA) is 15.7 Å². The zero-order valence-corrected chi connectivity index (χ0v) is 9.78. The van der Waals surface area contributed by atoms with E-state index in [2.05, 4.69) is 35.0 Å². The summed E-state index contributed by atoms with van der Waals surface area (Å²) in [5.41, 5.74) is 2.67. The largest absolute Gasteiger partial charge is 0.493 e. The number of fused-ring (bicyclic) bond motifs is 1. The molecule has 0 bridgehead atoms. The third kappa shape index (κ3) is 1.76. The normalized spacial score (nSPS) is 20.7. The number of ether oxygens (including phenoxy) is 1. The third-order valence-electron chi connectivity index (χ3n) is 3.55. The minimum absolute atomic E-state index is 0.849. The summed E-state index contributed by atoms with van der Waals surface area (Å²) in [6.45, 7) is 5.39. The van der Waals surface area contributed by atoms with E-state index in [1.807, 2.05) is 0 Å². The molecule has 2 aliphatic rings. The molecule has 0 aromatic heterocycles. The van der Waals surface area contributed by atoms with Gasteiger partial charge in [-0.1, -0.05) is 6.07 Å². The van der Waals surface area contributed by atoms with Crippen LogP contribution in [0, 0.1) is 0 Å². The van der Waals surface area contributed by atoms with Crippen molar-refractivity contribution >= 4 is 5.69 Å².